The van der Waals surface area contributed by atoms with E-state index in [1.54, 1.807) is 37.0 Å². The van der Waals surface area contributed by atoms with Crippen molar-refractivity contribution in [3.8, 4) is 0 Å². The van der Waals surface area contributed by atoms with Crippen molar-refractivity contribution in [3.63, 3.8) is 0 Å². The second kappa shape index (κ2) is 6.85. The number of thioether (sulfide) groups is 1. The van der Waals surface area contributed by atoms with Crippen LogP contribution in [-0.2, 0) is 11.8 Å². The lowest BCUT2D eigenvalue weighted by atomic mass is 10.2. The molecular formula is C15H14N6O3S. The molecule has 25 heavy (non-hydrogen) atoms. The number of carbonyl (C=O) groups is 1. The summed E-state index contributed by atoms with van der Waals surface area (Å²) in [6, 6.07) is 6.02. The smallest absolute Gasteiger partial charge is 0.292 e. The number of anilines is 1. The van der Waals surface area contributed by atoms with Gasteiger partial charge in [0.1, 0.15) is 17.0 Å². The second-order valence-electron chi connectivity index (χ2n) is 5.21. The van der Waals surface area contributed by atoms with E-state index < -0.39 is 10.2 Å². The van der Waals surface area contributed by atoms with Gasteiger partial charge in [0.2, 0.25) is 5.91 Å². The lowest BCUT2D eigenvalue weighted by Gasteiger charge is -2.12. The van der Waals surface area contributed by atoms with Gasteiger partial charge in [-0.15, -0.1) is 0 Å². The zero-order valence-electron chi connectivity index (χ0n) is 13.4. The molecule has 2 heterocycles. The van der Waals surface area contributed by atoms with Crippen LogP contribution in [-0.4, -0.2) is 35.8 Å². The molecule has 0 spiro atoms. The lowest BCUT2D eigenvalue weighted by Crippen LogP contribution is -2.23. The molecule has 1 aromatic carbocycles. The van der Waals surface area contributed by atoms with Crippen LogP contribution in [0, 0.1) is 10.1 Å². The number of amides is 1. The number of benzene rings is 1. The Hall–Kier alpha value is -3.01. The first-order chi connectivity index (χ1) is 12.0. The van der Waals surface area contributed by atoms with E-state index >= 15 is 0 Å². The van der Waals surface area contributed by atoms with Crippen molar-refractivity contribution in [3.05, 3.63) is 46.9 Å². The molecule has 3 aromatic rings. The molecule has 0 fully saturated rings. The number of nitro groups is 1. The third-order valence-electron chi connectivity index (χ3n) is 3.51. The number of aromatic nitrogens is 4. The molecule has 128 valence electrons. The quantitative estimate of drug-likeness (QED) is 0.322. The zero-order chi connectivity index (χ0) is 18.0. The summed E-state index contributed by atoms with van der Waals surface area (Å²) < 4.78 is 1.62. The maximum absolute atomic E-state index is 12.4. The van der Waals surface area contributed by atoms with E-state index in [-0.39, 0.29) is 17.3 Å². The predicted molar refractivity (Wildman–Crippen MR) is 93.3 cm³/mol. The Labute approximate surface area is 146 Å². The van der Waals surface area contributed by atoms with Crippen molar-refractivity contribution in [2.45, 2.75) is 17.2 Å². The summed E-state index contributed by atoms with van der Waals surface area (Å²) in [4.78, 5) is 31.3. The molecule has 10 heteroatoms. The number of rotatable bonds is 5. The van der Waals surface area contributed by atoms with Crippen molar-refractivity contribution in [2.75, 3.05) is 5.32 Å². The minimum atomic E-state index is -0.531. The number of fused-ring (bicyclic) bond motifs is 1. The van der Waals surface area contributed by atoms with E-state index in [1.807, 2.05) is 0 Å². The van der Waals surface area contributed by atoms with Crippen LogP contribution in [0.2, 0.25) is 0 Å². The third kappa shape index (κ3) is 3.43. The van der Waals surface area contributed by atoms with Crippen LogP contribution in [0.4, 0.5) is 11.4 Å². The molecule has 1 amide bonds. The van der Waals surface area contributed by atoms with Gasteiger partial charge in [0.05, 0.1) is 21.8 Å². The minimum Gasteiger partial charge on any atom is -0.319 e. The molecule has 2 aromatic heterocycles. The number of carbonyl (C=O) groups excluding carboxylic acids is 1. The fourth-order valence-corrected chi connectivity index (χ4v) is 3.11. The van der Waals surface area contributed by atoms with E-state index in [9.17, 15) is 14.9 Å². The Balaban J connectivity index is 1.78. The van der Waals surface area contributed by atoms with Gasteiger partial charge in [-0.2, -0.15) is 5.10 Å². The molecule has 3 rings (SSSR count). The zero-order valence-corrected chi connectivity index (χ0v) is 14.2. The highest BCUT2D eigenvalue weighted by Crippen LogP contribution is 2.29. The van der Waals surface area contributed by atoms with Gasteiger partial charge in [-0.25, -0.2) is 9.97 Å². The molecule has 0 aliphatic heterocycles. The van der Waals surface area contributed by atoms with E-state index in [2.05, 4.69) is 20.4 Å². The van der Waals surface area contributed by atoms with Gasteiger partial charge >= 0.3 is 0 Å². The molecule has 0 radical (unpaired) electrons. The van der Waals surface area contributed by atoms with E-state index in [0.29, 0.717) is 10.7 Å². The average molecular weight is 358 g/mol. The van der Waals surface area contributed by atoms with E-state index in [4.69, 9.17) is 0 Å². The van der Waals surface area contributed by atoms with Crippen LogP contribution in [0.5, 0.6) is 0 Å². The highest BCUT2D eigenvalue weighted by atomic mass is 32.2. The fourth-order valence-electron chi connectivity index (χ4n) is 2.23. The monoisotopic (exact) mass is 358 g/mol. The Kier molecular flexibility index (Phi) is 4.61. The number of nitro benzene ring substituents is 1. The third-order valence-corrected chi connectivity index (χ3v) is 4.63. The van der Waals surface area contributed by atoms with E-state index in [1.165, 1.54) is 30.2 Å². The summed E-state index contributed by atoms with van der Waals surface area (Å²) in [6.45, 7) is 1.71. The maximum atomic E-state index is 12.4. The molecule has 1 atom stereocenters. The van der Waals surface area contributed by atoms with Gasteiger partial charge in [0, 0.05) is 13.1 Å². The average Bonchev–Trinajstić information content (AvgIpc) is 2.97. The van der Waals surface area contributed by atoms with Gasteiger partial charge < -0.3 is 5.32 Å². The summed E-state index contributed by atoms with van der Waals surface area (Å²) in [5, 5.41) is 18.6. The van der Waals surface area contributed by atoms with Crippen molar-refractivity contribution in [1.82, 2.24) is 19.7 Å². The molecule has 0 bridgehead atoms. The van der Waals surface area contributed by atoms with Gasteiger partial charge in [-0.05, 0) is 13.0 Å². The maximum Gasteiger partial charge on any atom is 0.292 e. The number of hydrogen-bond donors (Lipinski definition) is 1. The first-order valence-corrected chi connectivity index (χ1v) is 8.19. The molecule has 1 unspecified atom stereocenters. The Morgan fingerprint density at radius 3 is 2.88 bits per heavy atom. The minimum absolute atomic E-state index is 0.148. The summed E-state index contributed by atoms with van der Waals surface area (Å²) >= 11 is 1.24. The molecule has 0 aliphatic carbocycles. The second-order valence-corrected chi connectivity index (χ2v) is 6.54. The van der Waals surface area contributed by atoms with Crippen LogP contribution in [0.3, 0.4) is 0 Å². The summed E-state index contributed by atoms with van der Waals surface area (Å²) in [7, 11) is 1.77. The number of hydrogen-bond acceptors (Lipinski definition) is 7. The van der Waals surface area contributed by atoms with Crippen molar-refractivity contribution in [1.29, 1.82) is 0 Å². The van der Waals surface area contributed by atoms with Crippen molar-refractivity contribution < 1.29 is 9.72 Å². The topological polar surface area (TPSA) is 116 Å². The van der Waals surface area contributed by atoms with Gasteiger partial charge in [0.15, 0.2) is 5.65 Å². The summed E-state index contributed by atoms with van der Waals surface area (Å²) in [6.07, 6.45) is 3.06. The number of nitrogens with one attached hydrogen (secondary N) is 1. The highest BCUT2D eigenvalue weighted by molar-refractivity contribution is 8.00. The Morgan fingerprint density at radius 1 is 1.36 bits per heavy atom. The molecule has 9 nitrogen and oxygen atoms in total. The number of para-hydroxylation sites is 2. The fraction of sp³-hybridized carbons (Fsp3) is 0.200. The summed E-state index contributed by atoms with van der Waals surface area (Å²) in [5.74, 6) is -0.352. The van der Waals surface area contributed by atoms with E-state index in [0.717, 1.165) is 5.39 Å². The molecule has 0 aliphatic rings. The normalized spacial score (nSPS) is 12.1. The van der Waals surface area contributed by atoms with Gasteiger partial charge in [0.25, 0.3) is 5.69 Å². The molecule has 0 saturated heterocycles. The standard InChI is InChI=1S/C15H14N6O3S/c1-9(14(22)19-11-5-3-4-6-12(11)21(23)24)25-15-10-7-18-20(2)13(10)16-8-17-15/h3-9H,1-2H3,(H,19,22). The van der Waals surface area contributed by atoms with Crippen LogP contribution < -0.4 is 5.32 Å². The van der Waals surface area contributed by atoms with Gasteiger partial charge in [-0.1, -0.05) is 23.9 Å². The van der Waals surface area contributed by atoms with Gasteiger partial charge in [-0.3, -0.25) is 19.6 Å². The Bertz CT molecular complexity index is 957. The molecule has 0 saturated carbocycles. The van der Waals surface area contributed by atoms with Crippen LogP contribution >= 0.6 is 11.8 Å². The molecule has 1 N–H and O–H groups in total. The largest absolute Gasteiger partial charge is 0.319 e. The van der Waals surface area contributed by atoms with Crippen molar-refractivity contribution in [2.24, 2.45) is 7.05 Å². The van der Waals surface area contributed by atoms with Crippen LogP contribution in [0.1, 0.15) is 6.92 Å². The highest BCUT2D eigenvalue weighted by Gasteiger charge is 2.21. The number of nitrogens with zero attached hydrogens (tertiary/aromatic N) is 5. The summed E-state index contributed by atoms with van der Waals surface area (Å²) in [5.41, 5.74) is 0.688. The van der Waals surface area contributed by atoms with Crippen LogP contribution in [0.15, 0.2) is 41.8 Å². The van der Waals surface area contributed by atoms with Crippen LogP contribution in [0.25, 0.3) is 11.0 Å². The predicted octanol–water partition coefficient (Wildman–Crippen LogP) is 2.39. The number of aryl methyl sites for hydroxylation is 1. The lowest BCUT2D eigenvalue weighted by molar-refractivity contribution is -0.383. The molecular weight excluding hydrogens is 344 g/mol. The van der Waals surface area contributed by atoms with Crippen molar-refractivity contribution >= 4 is 40.1 Å². The Morgan fingerprint density at radius 2 is 2.12 bits per heavy atom. The first kappa shape index (κ1) is 16.8. The SMILES string of the molecule is CC(Sc1ncnc2c1cnn2C)C(=O)Nc1ccccc1[N+](=O)[O-]. The first-order valence-electron chi connectivity index (χ1n) is 7.31.